The van der Waals surface area contributed by atoms with Crippen molar-refractivity contribution >= 4 is 17.5 Å². The Morgan fingerprint density at radius 3 is 2.65 bits per heavy atom. The maximum Gasteiger partial charge on any atom is 0.273 e. The number of aromatic nitrogens is 3. The van der Waals surface area contributed by atoms with Crippen molar-refractivity contribution in [2.75, 3.05) is 13.1 Å². The molecule has 7 heteroatoms. The lowest BCUT2D eigenvalue weighted by Gasteiger charge is -2.22. The maximum absolute atomic E-state index is 12.8. The Morgan fingerprint density at radius 1 is 1.31 bits per heavy atom. The van der Waals surface area contributed by atoms with Crippen LogP contribution in [0.4, 0.5) is 0 Å². The third-order valence-electron chi connectivity index (χ3n) is 5.54. The summed E-state index contributed by atoms with van der Waals surface area (Å²) < 4.78 is 1.84. The summed E-state index contributed by atoms with van der Waals surface area (Å²) in [7, 11) is 0. The van der Waals surface area contributed by atoms with E-state index >= 15 is 0 Å². The summed E-state index contributed by atoms with van der Waals surface area (Å²) in [5.74, 6) is 0.908. The summed E-state index contributed by atoms with van der Waals surface area (Å²) in [5.41, 5.74) is 1.47. The predicted octanol–water partition coefficient (Wildman–Crippen LogP) is 2.98. The lowest BCUT2D eigenvalue weighted by atomic mass is 10.0. The Kier molecular flexibility index (Phi) is 4.96. The topological polar surface area (TPSA) is 71.8 Å². The molecule has 138 valence electrons. The van der Waals surface area contributed by atoms with Crippen LogP contribution in [0.3, 0.4) is 0 Å². The molecule has 1 aliphatic heterocycles. The molecule has 3 atom stereocenters. The number of nitrogens with zero attached hydrogens (tertiary/aromatic N) is 3. The normalized spacial score (nSPS) is 24.2. The van der Waals surface area contributed by atoms with E-state index in [-0.39, 0.29) is 11.9 Å². The molecule has 2 aromatic rings. The number of halogens is 1. The standard InChI is InChI=1S/C19H24ClN5O/c1-12-10-16(12)18(13-2-4-14(20)5-3-13)22-19(26)17-11-25(24-23-17)15-6-8-21-9-7-15/h2-5,11-12,15-16,18,21H,6-10H2,1H3,(H,22,26)/t12-,16+,18+/m1/s1. The van der Waals surface area contributed by atoms with Crippen LogP contribution in [0.1, 0.15) is 54.3 Å². The summed E-state index contributed by atoms with van der Waals surface area (Å²) >= 11 is 6.01. The van der Waals surface area contributed by atoms with Gasteiger partial charge in [0.15, 0.2) is 5.69 Å². The number of benzene rings is 1. The van der Waals surface area contributed by atoms with Crippen molar-refractivity contribution in [3.8, 4) is 0 Å². The Balaban J connectivity index is 1.48. The first-order valence-electron chi connectivity index (χ1n) is 9.30. The van der Waals surface area contributed by atoms with Gasteiger partial charge in [0.05, 0.1) is 18.3 Å². The molecule has 0 unspecified atom stereocenters. The van der Waals surface area contributed by atoms with Crippen molar-refractivity contribution in [1.82, 2.24) is 25.6 Å². The van der Waals surface area contributed by atoms with Crippen molar-refractivity contribution in [1.29, 1.82) is 0 Å². The second kappa shape index (κ2) is 7.37. The Labute approximate surface area is 158 Å². The summed E-state index contributed by atoms with van der Waals surface area (Å²) in [4.78, 5) is 12.8. The minimum atomic E-state index is -0.163. The van der Waals surface area contributed by atoms with E-state index in [1.54, 1.807) is 6.20 Å². The third kappa shape index (κ3) is 3.76. The first-order chi connectivity index (χ1) is 12.6. The van der Waals surface area contributed by atoms with Gasteiger partial charge in [-0.1, -0.05) is 35.9 Å². The number of rotatable bonds is 5. The van der Waals surface area contributed by atoms with Crippen molar-refractivity contribution in [2.45, 2.75) is 38.3 Å². The first-order valence-corrected chi connectivity index (χ1v) is 9.68. The zero-order chi connectivity index (χ0) is 18.1. The highest BCUT2D eigenvalue weighted by Crippen LogP contribution is 2.47. The van der Waals surface area contributed by atoms with E-state index in [1.807, 2.05) is 28.9 Å². The molecule has 0 bridgehead atoms. The third-order valence-corrected chi connectivity index (χ3v) is 5.79. The van der Waals surface area contributed by atoms with Crippen molar-refractivity contribution in [3.63, 3.8) is 0 Å². The van der Waals surface area contributed by atoms with Gasteiger partial charge < -0.3 is 10.6 Å². The fourth-order valence-corrected chi connectivity index (χ4v) is 3.89. The van der Waals surface area contributed by atoms with Gasteiger partial charge in [0.2, 0.25) is 0 Å². The maximum atomic E-state index is 12.8. The Bertz CT molecular complexity index is 768. The molecule has 4 rings (SSSR count). The smallest absolute Gasteiger partial charge is 0.273 e. The Morgan fingerprint density at radius 2 is 2.00 bits per heavy atom. The van der Waals surface area contributed by atoms with Gasteiger partial charge in [0.1, 0.15) is 0 Å². The van der Waals surface area contributed by atoms with Crippen molar-refractivity contribution < 1.29 is 4.79 Å². The zero-order valence-corrected chi connectivity index (χ0v) is 15.6. The van der Waals surface area contributed by atoms with E-state index < -0.39 is 0 Å². The lowest BCUT2D eigenvalue weighted by Crippen LogP contribution is -2.31. The van der Waals surface area contributed by atoms with Crippen molar-refractivity contribution in [3.05, 3.63) is 46.7 Å². The average molecular weight is 374 g/mol. The minimum Gasteiger partial charge on any atom is -0.343 e. The fourth-order valence-electron chi connectivity index (χ4n) is 3.77. The van der Waals surface area contributed by atoms with Crippen molar-refractivity contribution in [2.24, 2.45) is 11.8 Å². The second-order valence-electron chi connectivity index (χ2n) is 7.44. The number of carbonyl (C=O) groups is 1. The van der Waals surface area contributed by atoms with Crippen LogP contribution in [0.15, 0.2) is 30.5 Å². The van der Waals surface area contributed by atoms with E-state index in [0.717, 1.165) is 37.9 Å². The second-order valence-corrected chi connectivity index (χ2v) is 7.88. The molecule has 0 spiro atoms. The highest BCUT2D eigenvalue weighted by molar-refractivity contribution is 6.30. The SMILES string of the molecule is C[C@@H]1C[C@@H]1[C@@H](NC(=O)c1cn(C2CCNCC2)nn1)c1ccc(Cl)cc1. The van der Waals surface area contributed by atoms with Gasteiger partial charge in [-0.3, -0.25) is 4.79 Å². The highest BCUT2D eigenvalue weighted by Gasteiger charge is 2.41. The molecule has 1 aromatic heterocycles. The largest absolute Gasteiger partial charge is 0.343 e. The minimum absolute atomic E-state index is 0.0150. The lowest BCUT2D eigenvalue weighted by molar-refractivity contribution is 0.0925. The van der Waals surface area contributed by atoms with Gasteiger partial charge >= 0.3 is 0 Å². The van der Waals surface area contributed by atoms with Gasteiger partial charge in [-0.25, -0.2) is 4.68 Å². The molecule has 6 nitrogen and oxygen atoms in total. The van der Waals surface area contributed by atoms with Crippen LogP contribution in [0.2, 0.25) is 5.02 Å². The van der Waals surface area contributed by atoms with Gasteiger partial charge in [0, 0.05) is 5.02 Å². The van der Waals surface area contributed by atoms with E-state index in [2.05, 4.69) is 27.9 Å². The molecule has 0 radical (unpaired) electrons. The summed E-state index contributed by atoms with van der Waals surface area (Å²) in [6, 6.07) is 8.03. The van der Waals surface area contributed by atoms with Crippen LogP contribution in [-0.2, 0) is 0 Å². The fraction of sp³-hybridized carbons (Fsp3) is 0.526. The zero-order valence-electron chi connectivity index (χ0n) is 14.9. The van der Waals surface area contributed by atoms with Crippen LogP contribution in [0.5, 0.6) is 0 Å². The summed E-state index contributed by atoms with van der Waals surface area (Å²) in [5, 5.41) is 15.5. The number of piperidine rings is 1. The molecule has 1 aromatic carbocycles. The van der Waals surface area contributed by atoms with Crippen LogP contribution < -0.4 is 10.6 Å². The molecule has 1 amide bonds. The number of hydrogen-bond donors (Lipinski definition) is 2. The highest BCUT2D eigenvalue weighted by atomic mass is 35.5. The molecule has 1 saturated heterocycles. The molecule has 2 fully saturated rings. The summed E-state index contributed by atoms with van der Waals surface area (Å²) in [6.07, 6.45) is 4.92. The Hall–Kier alpha value is -1.92. The molecule has 2 aliphatic rings. The van der Waals surface area contributed by atoms with E-state index in [0.29, 0.717) is 28.6 Å². The van der Waals surface area contributed by atoms with E-state index in [1.165, 1.54) is 0 Å². The van der Waals surface area contributed by atoms with E-state index in [4.69, 9.17) is 11.6 Å². The van der Waals surface area contributed by atoms with Crippen LogP contribution in [-0.4, -0.2) is 34.0 Å². The summed E-state index contributed by atoms with van der Waals surface area (Å²) in [6.45, 7) is 4.17. The number of carbonyl (C=O) groups excluding carboxylic acids is 1. The molecule has 2 heterocycles. The number of hydrogen-bond acceptors (Lipinski definition) is 4. The predicted molar refractivity (Wildman–Crippen MR) is 100 cm³/mol. The van der Waals surface area contributed by atoms with Gasteiger partial charge in [-0.15, -0.1) is 5.10 Å². The molecule has 26 heavy (non-hydrogen) atoms. The van der Waals surface area contributed by atoms with Crippen LogP contribution in [0, 0.1) is 11.8 Å². The average Bonchev–Trinajstić information content (AvgIpc) is 3.18. The van der Waals surface area contributed by atoms with Gasteiger partial charge in [-0.2, -0.15) is 0 Å². The van der Waals surface area contributed by atoms with Crippen LogP contribution >= 0.6 is 11.6 Å². The molecule has 1 saturated carbocycles. The number of nitrogens with one attached hydrogen (secondary N) is 2. The van der Waals surface area contributed by atoms with Gasteiger partial charge in [0.25, 0.3) is 5.91 Å². The number of amides is 1. The molecular weight excluding hydrogens is 350 g/mol. The quantitative estimate of drug-likeness (QED) is 0.845. The van der Waals surface area contributed by atoms with Crippen LogP contribution in [0.25, 0.3) is 0 Å². The van der Waals surface area contributed by atoms with E-state index in [9.17, 15) is 4.79 Å². The molecule has 2 N–H and O–H groups in total. The molecular formula is C19H24ClN5O. The first kappa shape index (κ1) is 17.5. The van der Waals surface area contributed by atoms with Gasteiger partial charge in [-0.05, 0) is 61.9 Å². The monoisotopic (exact) mass is 373 g/mol. The molecule has 1 aliphatic carbocycles.